The fourth-order valence-corrected chi connectivity index (χ4v) is 4.01. The summed E-state index contributed by atoms with van der Waals surface area (Å²) in [7, 11) is 3.99. The number of hydrogen-bond donors (Lipinski definition) is 2. The van der Waals surface area contributed by atoms with Crippen molar-refractivity contribution in [2.45, 2.75) is 58.9 Å². The highest BCUT2D eigenvalue weighted by molar-refractivity contribution is 6.05. The van der Waals surface area contributed by atoms with Gasteiger partial charge in [-0.1, -0.05) is 41.5 Å². The average molecular weight is 422 g/mol. The molecule has 166 valence electrons. The number of phenols is 1. The molecule has 0 amide bonds. The molecule has 1 aliphatic rings. The van der Waals surface area contributed by atoms with E-state index in [0.29, 0.717) is 17.9 Å². The molecule has 3 rings (SSSR count). The maximum absolute atomic E-state index is 13.3. The second-order valence-electron chi connectivity index (χ2n) is 10.8. The number of benzene rings is 2. The van der Waals surface area contributed by atoms with E-state index in [2.05, 4.69) is 6.07 Å². The summed E-state index contributed by atoms with van der Waals surface area (Å²) >= 11 is 0. The smallest absolute Gasteiger partial charge is 0.182 e. The van der Waals surface area contributed by atoms with Crippen LogP contribution < -0.4 is 4.90 Å². The van der Waals surface area contributed by atoms with Gasteiger partial charge in [-0.15, -0.1) is 0 Å². The summed E-state index contributed by atoms with van der Waals surface area (Å²) in [4.78, 5) is 17.2. The molecule has 0 unspecified atom stereocenters. The lowest BCUT2D eigenvalue weighted by Gasteiger charge is -2.28. The van der Waals surface area contributed by atoms with Crippen molar-refractivity contribution in [2.24, 2.45) is 0 Å². The van der Waals surface area contributed by atoms with Crippen LogP contribution in [0, 0.1) is 5.41 Å². The van der Waals surface area contributed by atoms with E-state index in [0.717, 1.165) is 27.9 Å². The number of amidine groups is 1. The van der Waals surface area contributed by atoms with Gasteiger partial charge in [0.25, 0.3) is 0 Å². The van der Waals surface area contributed by atoms with Gasteiger partial charge >= 0.3 is 0 Å². The Hall–Kier alpha value is -2.82. The number of nitrogens with one attached hydrogen (secondary N) is 1. The van der Waals surface area contributed by atoms with Gasteiger partial charge < -0.3 is 14.9 Å². The minimum absolute atomic E-state index is 0.0404. The highest BCUT2D eigenvalue weighted by Gasteiger charge is 2.30. The Morgan fingerprint density at radius 1 is 1.03 bits per heavy atom. The van der Waals surface area contributed by atoms with Crippen LogP contribution >= 0.6 is 0 Å². The van der Waals surface area contributed by atoms with Crippen molar-refractivity contribution in [3.63, 3.8) is 0 Å². The summed E-state index contributed by atoms with van der Waals surface area (Å²) < 4.78 is 0. The molecule has 1 heterocycles. The molecule has 2 aromatic rings. The van der Waals surface area contributed by atoms with Crippen LogP contribution in [0.3, 0.4) is 0 Å². The fraction of sp³-hybridized carbons (Fsp3) is 0.462. The zero-order valence-corrected chi connectivity index (χ0v) is 20.1. The molecule has 0 aliphatic carbocycles. The topological polar surface area (TPSA) is 67.6 Å². The predicted molar refractivity (Wildman–Crippen MR) is 128 cm³/mol. The third kappa shape index (κ3) is 4.46. The lowest BCUT2D eigenvalue weighted by molar-refractivity contribution is 0.0962. The maximum atomic E-state index is 13.3. The molecule has 5 nitrogen and oxygen atoms in total. The summed E-state index contributed by atoms with van der Waals surface area (Å²) in [6, 6.07) is 9.70. The average Bonchev–Trinajstić information content (AvgIpc) is 2.94. The van der Waals surface area contributed by atoms with Gasteiger partial charge in [0.1, 0.15) is 11.6 Å². The summed E-state index contributed by atoms with van der Waals surface area (Å²) in [6.45, 7) is 12.9. The van der Waals surface area contributed by atoms with Crippen LogP contribution in [0.4, 0.5) is 5.69 Å². The number of aromatic hydroxyl groups is 1. The van der Waals surface area contributed by atoms with Crippen molar-refractivity contribution in [1.29, 1.82) is 5.41 Å². The number of ketones is 1. The third-order valence-electron chi connectivity index (χ3n) is 5.92. The van der Waals surface area contributed by atoms with E-state index < -0.39 is 0 Å². The fourth-order valence-electron chi connectivity index (χ4n) is 4.01. The molecule has 0 fully saturated rings. The summed E-state index contributed by atoms with van der Waals surface area (Å²) in [5.74, 6) is 0.620. The number of Topliss-reactive ketones (excluding diaryl/α,β-unsaturated/α-hetero) is 1. The number of carbonyl (C=O) groups excluding carboxylic acids is 1. The van der Waals surface area contributed by atoms with Gasteiger partial charge in [0, 0.05) is 48.6 Å². The number of carbonyl (C=O) groups is 1. The number of nitrogens with zero attached hydrogens (tertiary/aromatic N) is 2. The Bertz CT molecular complexity index is 1000. The van der Waals surface area contributed by atoms with Gasteiger partial charge in [-0.3, -0.25) is 10.2 Å². The van der Waals surface area contributed by atoms with Crippen LogP contribution in [0.1, 0.15) is 74.2 Å². The van der Waals surface area contributed by atoms with Crippen LogP contribution in [0.15, 0.2) is 30.3 Å². The van der Waals surface area contributed by atoms with Crippen molar-refractivity contribution < 1.29 is 9.90 Å². The Labute approximate surface area is 186 Å². The van der Waals surface area contributed by atoms with Gasteiger partial charge in [0.15, 0.2) is 5.78 Å². The number of phenolic OH excluding ortho intramolecular Hbond substituents is 1. The second kappa shape index (κ2) is 7.70. The second-order valence-corrected chi connectivity index (χ2v) is 10.8. The number of hydrogen-bond acceptors (Lipinski definition) is 4. The normalized spacial score (nSPS) is 14.1. The van der Waals surface area contributed by atoms with E-state index in [-0.39, 0.29) is 28.9 Å². The largest absolute Gasteiger partial charge is 0.507 e. The molecule has 31 heavy (non-hydrogen) atoms. The Balaban J connectivity index is 1.93. The van der Waals surface area contributed by atoms with Crippen molar-refractivity contribution in [1.82, 2.24) is 4.90 Å². The third-order valence-corrected chi connectivity index (χ3v) is 5.92. The predicted octanol–water partition coefficient (Wildman–Crippen LogP) is 5.08. The van der Waals surface area contributed by atoms with E-state index in [1.54, 1.807) is 0 Å². The Morgan fingerprint density at radius 2 is 1.58 bits per heavy atom. The zero-order chi connectivity index (χ0) is 23.3. The number of rotatable bonds is 4. The SMILES string of the molecule is CN(C)c1ccc2c(c1)CN(CC(=O)c1cc(C(C)(C)C)c(O)c(C(C)(C)C)c1)C2=N. The summed E-state index contributed by atoms with van der Waals surface area (Å²) in [6.07, 6.45) is 0. The number of anilines is 1. The highest BCUT2D eigenvalue weighted by atomic mass is 16.3. The van der Waals surface area contributed by atoms with Gasteiger partial charge in [-0.05, 0) is 46.7 Å². The molecular formula is C26H35N3O2. The van der Waals surface area contributed by atoms with Crippen molar-refractivity contribution in [2.75, 3.05) is 25.5 Å². The summed E-state index contributed by atoms with van der Waals surface area (Å²) in [5, 5.41) is 19.5. The minimum Gasteiger partial charge on any atom is -0.507 e. The van der Waals surface area contributed by atoms with Crippen LogP contribution in [0.5, 0.6) is 5.75 Å². The van der Waals surface area contributed by atoms with Crippen LogP contribution in [-0.2, 0) is 17.4 Å². The zero-order valence-electron chi connectivity index (χ0n) is 20.1. The maximum Gasteiger partial charge on any atom is 0.182 e. The first-order valence-electron chi connectivity index (χ1n) is 10.8. The lowest BCUT2D eigenvalue weighted by Crippen LogP contribution is -2.30. The highest BCUT2D eigenvalue weighted by Crippen LogP contribution is 2.40. The minimum atomic E-state index is -0.292. The van der Waals surface area contributed by atoms with E-state index in [9.17, 15) is 9.90 Å². The van der Waals surface area contributed by atoms with E-state index in [4.69, 9.17) is 5.41 Å². The number of fused-ring (bicyclic) bond motifs is 1. The molecule has 0 saturated heterocycles. The first kappa shape index (κ1) is 22.9. The van der Waals surface area contributed by atoms with Gasteiger partial charge in [-0.2, -0.15) is 0 Å². The standard InChI is InChI=1S/C26H35N3O2/c1-25(2,3)20-12-16(13-21(23(20)31)26(4,5)6)22(30)15-29-14-17-11-18(28(7)8)9-10-19(17)24(29)27/h9-13,27,31H,14-15H2,1-8H3. The Morgan fingerprint density at radius 3 is 2.06 bits per heavy atom. The molecule has 0 spiro atoms. The molecule has 0 radical (unpaired) electrons. The molecule has 0 bridgehead atoms. The molecule has 0 atom stereocenters. The van der Waals surface area contributed by atoms with Crippen LogP contribution in [0.2, 0.25) is 0 Å². The molecule has 1 aliphatic heterocycles. The molecule has 0 aromatic heterocycles. The Kier molecular flexibility index (Phi) is 5.68. The van der Waals surface area contributed by atoms with Gasteiger partial charge in [-0.25, -0.2) is 0 Å². The first-order chi connectivity index (χ1) is 14.2. The van der Waals surface area contributed by atoms with Gasteiger partial charge in [0.05, 0.1) is 6.54 Å². The molecular weight excluding hydrogens is 386 g/mol. The van der Waals surface area contributed by atoms with E-state index in [1.165, 1.54) is 0 Å². The van der Waals surface area contributed by atoms with Crippen LogP contribution in [-0.4, -0.2) is 42.3 Å². The van der Waals surface area contributed by atoms with E-state index >= 15 is 0 Å². The van der Waals surface area contributed by atoms with Crippen LogP contribution in [0.25, 0.3) is 0 Å². The van der Waals surface area contributed by atoms with E-state index in [1.807, 2.05) is 89.7 Å². The van der Waals surface area contributed by atoms with Crippen molar-refractivity contribution in [3.8, 4) is 5.75 Å². The molecule has 2 aromatic carbocycles. The lowest BCUT2D eigenvalue weighted by atomic mass is 9.78. The molecule has 2 N–H and O–H groups in total. The first-order valence-corrected chi connectivity index (χ1v) is 10.8. The molecule has 0 saturated carbocycles. The molecule has 5 heteroatoms. The monoisotopic (exact) mass is 421 g/mol. The van der Waals surface area contributed by atoms with Crippen molar-refractivity contribution >= 4 is 17.3 Å². The van der Waals surface area contributed by atoms with Crippen molar-refractivity contribution in [3.05, 3.63) is 58.1 Å². The summed E-state index contributed by atoms with van der Waals surface area (Å²) in [5.41, 5.74) is 4.60. The quantitative estimate of drug-likeness (QED) is 0.676. The van der Waals surface area contributed by atoms with Gasteiger partial charge in [0.2, 0.25) is 0 Å².